The van der Waals surface area contributed by atoms with Gasteiger partial charge in [0.15, 0.2) is 0 Å². The van der Waals surface area contributed by atoms with E-state index in [0.717, 1.165) is 84.5 Å². The normalized spacial score (nSPS) is 16.4. The summed E-state index contributed by atoms with van der Waals surface area (Å²) in [5.74, 6) is 2.08. The zero-order valence-electron chi connectivity index (χ0n) is 36.0. The van der Waals surface area contributed by atoms with Crippen molar-refractivity contribution in [2.24, 2.45) is 42.5 Å². The summed E-state index contributed by atoms with van der Waals surface area (Å²) in [5, 5.41) is 38.2. The highest BCUT2D eigenvalue weighted by molar-refractivity contribution is 6.02. The second kappa shape index (κ2) is 18.4. The van der Waals surface area contributed by atoms with Crippen molar-refractivity contribution in [3.63, 3.8) is 0 Å². The molecule has 1 fully saturated rings. The number of nitrogens with zero attached hydrogens (tertiary/aromatic N) is 6. The molecule has 0 aliphatic heterocycles. The Morgan fingerprint density at radius 1 is 0.452 bits per heavy atom. The fourth-order valence-corrected chi connectivity index (χ4v) is 8.91. The molecule has 8 aromatic rings. The number of nitrogens with one attached hydrogen (secondary N) is 1. The summed E-state index contributed by atoms with van der Waals surface area (Å²) in [5.41, 5.74) is 9.66. The molecule has 0 spiro atoms. The number of anilines is 1. The molecule has 9 rings (SSSR count). The average molecular weight is 812 g/mol. The third-order valence-electron chi connectivity index (χ3n) is 12.6. The van der Waals surface area contributed by atoms with E-state index >= 15 is 0 Å². The molecule has 7 heteroatoms. The van der Waals surface area contributed by atoms with Gasteiger partial charge < -0.3 is 5.32 Å². The quantitative estimate of drug-likeness (QED) is 0.122. The summed E-state index contributed by atoms with van der Waals surface area (Å²) < 4.78 is 0. The van der Waals surface area contributed by atoms with E-state index in [1.54, 1.807) is 0 Å². The third-order valence-corrected chi connectivity index (χ3v) is 12.6. The van der Waals surface area contributed by atoms with Crippen molar-refractivity contribution in [2.75, 3.05) is 5.32 Å². The summed E-state index contributed by atoms with van der Waals surface area (Å²) in [6.45, 7) is 9.12. The molecule has 0 amide bonds. The first-order valence-corrected chi connectivity index (χ1v) is 22.2. The van der Waals surface area contributed by atoms with Crippen LogP contribution in [0.3, 0.4) is 0 Å². The van der Waals surface area contributed by atoms with Gasteiger partial charge in [0, 0.05) is 44.0 Å². The minimum atomic E-state index is 0.390. The highest BCUT2D eigenvalue weighted by atomic mass is 15.1. The first-order chi connectivity index (χ1) is 30.4. The summed E-state index contributed by atoms with van der Waals surface area (Å²) in [4.78, 5) is 0. The van der Waals surface area contributed by atoms with Gasteiger partial charge in [-0.2, -0.15) is 5.11 Å². The lowest BCUT2D eigenvalue weighted by atomic mass is 9.79. The van der Waals surface area contributed by atoms with Crippen molar-refractivity contribution in [1.29, 1.82) is 0 Å². The number of fused-ring (bicyclic) bond motifs is 3. The highest BCUT2D eigenvalue weighted by Gasteiger charge is 2.20. The Balaban J connectivity index is 0.925. The smallest absolute Gasteiger partial charge is 0.0936 e. The van der Waals surface area contributed by atoms with Crippen molar-refractivity contribution in [3.05, 3.63) is 163 Å². The molecule has 0 saturated heterocycles. The molecule has 1 unspecified atom stereocenters. The van der Waals surface area contributed by atoms with E-state index < -0.39 is 0 Å². The minimum absolute atomic E-state index is 0.390. The number of hydrogen-bond donors (Lipinski definition) is 1. The second-order valence-corrected chi connectivity index (χ2v) is 17.1. The molecule has 8 aromatic carbocycles. The van der Waals surface area contributed by atoms with E-state index in [1.165, 1.54) is 42.4 Å². The Bertz CT molecular complexity index is 2920. The predicted octanol–water partition coefficient (Wildman–Crippen LogP) is 18.2. The monoisotopic (exact) mass is 811 g/mol. The lowest BCUT2D eigenvalue weighted by molar-refractivity contribution is 0.348. The Morgan fingerprint density at radius 2 is 0.839 bits per heavy atom. The van der Waals surface area contributed by atoms with E-state index in [9.17, 15) is 0 Å². The molecule has 0 aromatic heterocycles. The fourth-order valence-electron chi connectivity index (χ4n) is 8.91. The molecule has 1 aliphatic carbocycles. The minimum Gasteiger partial charge on any atom is -0.382 e. The third kappa shape index (κ3) is 8.80. The van der Waals surface area contributed by atoms with E-state index in [1.807, 2.05) is 60.7 Å². The Morgan fingerprint density at radius 3 is 1.27 bits per heavy atom. The Hall–Kier alpha value is -6.86. The van der Waals surface area contributed by atoms with E-state index in [4.69, 9.17) is 25.6 Å². The predicted molar refractivity (Wildman–Crippen MR) is 259 cm³/mol. The van der Waals surface area contributed by atoms with Crippen LogP contribution in [0.1, 0.15) is 71.3 Å². The number of benzene rings is 8. The number of rotatable bonds is 12. The summed E-state index contributed by atoms with van der Waals surface area (Å²) in [7, 11) is 0. The highest BCUT2D eigenvalue weighted by Crippen LogP contribution is 2.40. The largest absolute Gasteiger partial charge is 0.382 e. The maximum Gasteiger partial charge on any atom is 0.0936 e. The average Bonchev–Trinajstić information content (AvgIpc) is 3.32. The van der Waals surface area contributed by atoms with E-state index in [2.05, 4.69) is 135 Å². The summed E-state index contributed by atoms with van der Waals surface area (Å²) in [6, 6.07) is 54.6. The zero-order valence-corrected chi connectivity index (χ0v) is 36.0. The molecule has 0 bridgehead atoms. The fraction of sp³-hybridized carbons (Fsp3) is 0.236. The SMILES string of the molecule is CCC(Nc1ccc(N=Nc2ccc(N=Nc3ccc(N=Nc4ccc(-c5ccc(C6CCC(C)CC6)cc5)cc4)c4ccccc34)c3ccccc23)c2ccccc12)C(C)C. The molecule has 62 heavy (non-hydrogen) atoms. The molecule has 0 radical (unpaired) electrons. The molecule has 1 aliphatic rings. The maximum atomic E-state index is 4.79. The van der Waals surface area contributed by atoms with Crippen LogP contribution in [0.4, 0.5) is 39.8 Å². The molecule has 308 valence electrons. The number of hydrogen-bond acceptors (Lipinski definition) is 7. The van der Waals surface area contributed by atoms with Crippen LogP contribution in [0, 0.1) is 11.8 Å². The van der Waals surface area contributed by atoms with Gasteiger partial charge in [0.1, 0.15) is 0 Å². The summed E-state index contributed by atoms with van der Waals surface area (Å²) >= 11 is 0. The van der Waals surface area contributed by atoms with Crippen molar-refractivity contribution in [2.45, 2.75) is 71.8 Å². The molecule has 1 saturated carbocycles. The van der Waals surface area contributed by atoms with E-state index in [0.29, 0.717) is 17.9 Å². The van der Waals surface area contributed by atoms with Crippen LogP contribution in [0.15, 0.2) is 188 Å². The second-order valence-electron chi connectivity index (χ2n) is 17.1. The van der Waals surface area contributed by atoms with Gasteiger partial charge in [-0.25, -0.2) is 0 Å². The van der Waals surface area contributed by atoms with Gasteiger partial charge in [0.05, 0.1) is 34.1 Å². The van der Waals surface area contributed by atoms with Crippen LogP contribution < -0.4 is 5.32 Å². The van der Waals surface area contributed by atoms with Crippen LogP contribution in [-0.4, -0.2) is 6.04 Å². The lowest BCUT2D eigenvalue weighted by Gasteiger charge is -2.26. The first kappa shape index (κ1) is 40.5. The molecule has 0 heterocycles. The zero-order chi connectivity index (χ0) is 42.4. The topological polar surface area (TPSA) is 86.2 Å². The standard InChI is InChI=1S/C55H53N7/c1-5-49(36(2)3)56-50-30-31-52(44-13-7-6-12-43(44)50)59-60-54-34-35-55(48-17-11-10-16-47(48)54)62-61-53-33-32-51(45-14-8-9-15-46(45)53)58-57-42-28-26-41(27-29-42)40-24-22-39(23-25-40)38-20-18-37(4)19-21-38/h6-17,22-38,49,56H,5,18-21H2,1-4H3. The molecular weight excluding hydrogens is 759 g/mol. The van der Waals surface area contributed by atoms with Crippen molar-refractivity contribution < 1.29 is 0 Å². The van der Waals surface area contributed by atoms with Crippen molar-refractivity contribution in [3.8, 4) is 11.1 Å². The van der Waals surface area contributed by atoms with Gasteiger partial charge in [-0.3, -0.25) is 0 Å². The Labute approximate surface area is 364 Å². The van der Waals surface area contributed by atoms with Gasteiger partial charge in [-0.05, 0) is 102 Å². The Kier molecular flexibility index (Phi) is 12.0. The van der Waals surface area contributed by atoms with Gasteiger partial charge in [-0.15, -0.1) is 25.6 Å². The van der Waals surface area contributed by atoms with Crippen molar-refractivity contribution >= 4 is 72.1 Å². The van der Waals surface area contributed by atoms with Gasteiger partial charge >= 0.3 is 0 Å². The van der Waals surface area contributed by atoms with Crippen LogP contribution in [0.5, 0.6) is 0 Å². The lowest BCUT2D eigenvalue weighted by Crippen LogP contribution is -2.24. The van der Waals surface area contributed by atoms with Crippen molar-refractivity contribution in [1.82, 2.24) is 0 Å². The first-order valence-electron chi connectivity index (χ1n) is 22.2. The van der Waals surface area contributed by atoms with Crippen LogP contribution >= 0.6 is 0 Å². The molecule has 7 nitrogen and oxygen atoms in total. The molecule has 1 N–H and O–H groups in total. The van der Waals surface area contributed by atoms with Gasteiger partial charge in [0.2, 0.25) is 0 Å². The maximum absolute atomic E-state index is 4.79. The number of azo groups is 3. The van der Waals surface area contributed by atoms with Gasteiger partial charge in [0.25, 0.3) is 0 Å². The molecule has 1 atom stereocenters. The van der Waals surface area contributed by atoms with E-state index in [-0.39, 0.29) is 0 Å². The summed E-state index contributed by atoms with van der Waals surface area (Å²) in [6.07, 6.45) is 6.33. The van der Waals surface area contributed by atoms with Gasteiger partial charge in [-0.1, -0.05) is 150 Å². The van der Waals surface area contributed by atoms with Crippen LogP contribution in [0.2, 0.25) is 0 Å². The van der Waals surface area contributed by atoms with Crippen LogP contribution in [0.25, 0.3) is 43.4 Å². The molecular formula is C55H53N7. The van der Waals surface area contributed by atoms with Crippen LogP contribution in [-0.2, 0) is 0 Å².